The van der Waals surface area contributed by atoms with Gasteiger partial charge in [0.05, 0.1) is 12.8 Å². The molecule has 5 heteroatoms. The molecular formula is C19H20N4O. The molecule has 0 spiro atoms. The van der Waals surface area contributed by atoms with Crippen molar-refractivity contribution in [2.45, 2.75) is 6.92 Å². The molecule has 3 aromatic rings. The van der Waals surface area contributed by atoms with Crippen LogP contribution >= 0.6 is 0 Å². The van der Waals surface area contributed by atoms with Crippen LogP contribution in [0.5, 0.6) is 5.75 Å². The molecule has 122 valence electrons. The third kappa shape index (κ3) is 3.81. The zero-order valence-corrected chi connectivity index (χ0v) is 13.8. The van der Waals surface area contributed by atoms with Crippen molar-refractivity contribution in [3.05, 3.63) is 60.7 Å². The fourth-order valence-electron chi connectivity index (χ4n) is 2.35. The van der Waals surface area contributed by atoms with E-state index >= 15 is 0 Å². The summed E-state index contributed by atoms with van der Waals surface area (Å²) in [5.41, 5.74) is 2.83. The summed E-state index contributed by atoms with van der Waals surface area (Å²) >= 11 is 0. The van der Waals surface area contributed by atoms with Crippen LogP contribution in [0.4, 0.5) is 17.5 Å². The first-order chi connectivity index (χ1) is 11.8. The predicted octanol–water partition coefficient (Wildman–Crippen LogP) is 4.33. The van der Waals surface area contributed by atoms with Crippen LogP contribution in [0.3, 0.4) is 0 Å². The van der Waals surface area contributed by atoms with Crippen molar-refractivity contribution >= 4 is 17.5 Å². The van der Waals surface area contributed by atoms with Gasteiger partial charge in [-0.15, -0.1) is 0 Å². The maximum atomic E-state index is 5.26. The highest BCUT2D eigenvalue weighted by atomic mass is 16.5. The van der Waals surface area contributed by atoms with E-state index in [9.17, 15) is 0 Å². The second-order valence-corrected chi connectivity index (χ2v) is 5.22. The Morgan fingerprint density at radius 3 is 2.54 bits per heavy atom. The number of methoxy groups -OCH3 is 1. The Hall–Kier alpha value is -3.08. The van der Waals surface area contributed by atoms with E-state index in [4.69, 9.17) is 4.74 Å². The SMILES string of the molecule is CCNc1nc(Nc2cccc(OC)c2)cc(-c2ccccc2)n1. The molecule has 3 rings (SSSR count). The van der Waals surface area contributed by atoms with Gasteiger partial charge in [-0.05, 0) is 19.1 Å². The summed E-state index contributed by atoms with van der Waals surface area (Å²) < 4.78 is 5.26. The fourth-order valence-corrected chi connectivity index (χ4v) is 2.35. The van der Waals surface area contributed by atoms with Crippen molar-refractivity contribution in [2.75, 3.05) is 24.3 Å². The molecule has 2 aromatic carbocycles. The van der Waals surface area contributed by atoms with Crippen LogP contribution in [0.2, 0.25) is 0 Å². The van der Waals surface area contributed by atoms with E-state index in [-0.39, 0.29) is 0 Å². The Morgan fingerprint density at radius 2 is 1.79 bits per heavy atom. The minimum atomic E-state index is 0.601. The summed E-state index contributed by atoms with van der Waals surface area (Å²) in [5, 5.41) is 6.50. The van der Waals surface area contributed by atoms with Gasteiger partial charge >= 0.3 is 0 Å². The van der Waals surface area contributed by atoms with Gasteiger partial charge in [-0.3, -0.25) is 0 Å². The Kier molecular flexibility index (Phi) is 4.91. The highest BCUT2D eigenvalue weighted by molar-refractivity contribution is 5.67. The van der Waals surface area contributed by atoms with E-state index in [0.717, 1.165) is 35.1 Å². The van der Waals surface area contributed by atoms with Crippen molar-refractivity contribution < 1.29 is 4.74 Å². The smallest absolute Gasteiger partial charge is 0.225 e. The lowest BCUT2D eigenvalue weighted by Crippen LogP contribution is -2.05. The molecule has 0 radical (unpaired) electrons. The molecule has 2 N–H and O–H groups in total. The second kappa shape index (κ2) is 7.46. The van der Waals surface area contributed by atoms with Gasteiger partial charge in [0.2, 0.25) is 5.95 Å². The van der Waals surface area contributed by atoms with Gasteiger partial charge in [0, 0.05) is 29.9 Å². The molecule has 0 saturated heterocycles. The minimum Gasteiger partial charge on any atom is -0.497 e. The van der Waals surface area contributed by atoms with Crippen LogP contribution < -0.4 is 15.4 Å². The van der Waals surface area contributed by atoms with Crippen LogP contribution in [0.1, 0.15) is 6.92 Å². The van der Waals surface area contributed by atoms with Gasteiger partial charge in [-0.1, -0.05) is 36.4 Å². The van der Waals surface area contributed by atoms with E-state index in [1.807, 2.05) is 67.6 Å². The van der Waals surface area contributed by atoms with Crippen molar-refractivity contribution in [2.24, 2.45) is 0 Å². The molecular weight excluding hydrogens is 300 g/mol. The molecule has 0 aliphatic rings. The number of nitrogens with zero attached hydrogens (tertiary/aromatic N) is 2. The maximum Gasteiger partial charge on any atom is 0.225 e. The molecule has 1 heterocycles. The molecule has 24 heavy (non-hydrogen) atoms. The quantitative estimate of drug-likeness (QED) is 0.708. The van der Waals surface area contributed by atoms with E-state index in [1.54, 1.807) is 7.11 Å². The van der Waals surface area contributed by atoms with Crippen LogP contribution in [-0.2, 0) is 0 Å². The maximum absolute atomic E-state index is 5.26. The van der Waals surface area contributed by atoms with E-state index in [1.165, 1.54) is 0 Å². The van der Waals surface area contributed by atoms with Gasteiger partial charge in [0.15, 0.2) is 0 Å². The monoisotopic (exact) mass is 320 g/mol. The molecule has 0 fully saturated rings. The summed E-state index contributed by atoms with van der Waals surface area (Å²) in [5.74, 6) is 2.13. The number of ether oxygens (including phenoxy) is 1. The lowest BCUT2D eigenvalue weighted by Gasteiger charge is -2.11. The molecule has 0 amide bonds. The number of aromatic nitrogens is 2. The number of anilines is 3. The molecule has 0 unspecified atom stereocenters. The summed E-state index contributed by atoms with van der Waals surface area (Å²) in [4.78, 5) is 9.11. The van der Waals surface area contributed by atoms with Crippen molar-refractivity contribution in [1.82, 2.24) is 9.97 Å². The molecule has 0 aliphatic heterocycles. The molecule has 1 aromatic heterocycles. The van der Waals surface area contributed by atoms with Crippen LogP contribution in [0.25, 0.3) is 11.3 Å². The van der Waals surface area contributed by atoms with Crippen molar-refractivity contribution in [3.63, 3.8) is 0 Å². The molecule has 0 aliphatic carbocycles. The Morgan fingerprint density at radius 1 is 0.958 bits per heavy atom. The minimum absolute atomic E-state index is 0.601. The largest absolute Gasteiger partial charge is 0.497 e. The zero-order valence-electron chi connectivity index (χ0n) is 13.8. The van der Waals surface area contributed by atoms with Crippen molar-refractivity contribution in [1.29, 1.82) is 0 Å². The van der Waals surface area contributed by atoms with Crippen LogP contribution in [0, 0.1) is 0 Å². The normalized spacial score (nSPS) is 10.2. The molecule has 0 atom stereocenters. The summed E-state index contributed by atoms with van der Waals surface area (Å²) in [6.45, 7) is 2.78. The standard InChI is InChI=1S/C19H20N4O/c1-3-20-19-22-17(14-8-5-4-6-9-14)13-18(23-19)21-15-10-7-11-16(12-15)24-2/h4-13H,3H2,1-2H3,(H2,20,21,22,23). The molecule has 5 nitrogen and oxygen atoms in total. The lowest BCUT2D eigenvalue weighted by molar-refractivity contribution is 0.415. The number of hydrogen-bond acceptors (Lipinski definition) is 5. The van der Waals surface area contributed by atoms with Gasteiger partial charge < -0.3 is 15.4 Å². The molecule has 0 saturated carbocycles. The first-order valence-corrected chi connectivity index (χ1v) is 7.88. The highest BCUT2D eigenvalue weighted by Crippen LogP contribution is 2.25. The Bertz CT molecular complexity index is 805. The average molecular weight is 320 g/mol. The van der Waals surface area contributed by atoms with Gasteiger partial charge in [-0.2, -0.15) is 4.98 Å². The molecule has 0 bridgehead atoms. The number of hydrogen-bond donors (Lipinski definition) is 2. The third-order valence-electron chi connectivity index (χ3n) is 3.47. The third-order valence-corrected chi connectivity index (χ3v) is 3.47. The topological polar surface area (TPSA) is 59.1 Å². The van der Waals surface area contributed by atoms with Gasteiger partial charge in [0.25, 0.3) is 0 Å². The van der Waals surface area contributed by atoms with Gasteiger partial charge in [0.1, 0.15) is 11.6 Å². The van der Waals surface area contributed by atoms with E-state index in [0.29, 0.717) is 5.95 Å². The highest BCUT2D eigenvalue weighted by Gasteiger charge is 2.07. The van der Waals surface area contributed by atoms with E-state index in [2.05, 4.69) is 20.6 Å². The average Bonchev–Trinajstić information content (AvgIpc) is 2.63. The zero-order chi connectivity index (χ0) is 16.8. The number of nitrogens with one attached hydrogen (secondary N) is 2. The Labute approximate surface area is 141 Å². The fraction of sp³-hybridized carbons (Fsp3) is 0.158. The number of rotatable bonds is 6. The predicted molar refractivity (Wildman–Crippen MR) is 97.9 cm³/mol. The van der Waals surface area contributed by atoms with Crippen molar-refractivity contribution in [3.8, 4) is 17.0 Å². The lowest BCUT2D eigenvalue weighted by atomic mass is 10.1. The second-order valence-electron chi connectivity index (χ2n) is 5.22. The first kappa shape index (κ1) is 15.8. The Balaban J connectivity index is 1.95. The summed E-state index contributed by atoms with van der Waals surface area (Å²) in [7, 11) is 1.65. The van der Waals surface area contributed by atoms with Gasteiger partial charge in [-0.25, -0.2) is 4.98 Å². The first-order valence-electron chi connectivity index (χ1n) is 7.88. The van der Waals surface area contributed by atoms with E-state index < -0.39 is 0 Å². The summed E-state index contributed by atoms with van der Waals surface area (Å²) in [6, 6.07) is 19.7. The van der Waals surface area contributed by atoms with Crippen LogP contribution in [-0.4, -0.2) is 23.6 Å². The summed E-state index contributed by atoms with van der Waals surface area (Å²) in [6.07, 6.45) is 0. The van der Waals surface area contributed by atoms with Crippen LogP contribution in [0.15, 0.2) is 60.7 Å². The number of benzene rings is 2.